The van der Waals surface area contributed by atoms with Gasteiger partial charge in [-0.1, -0.05) is 42.5 Å². The maximum atomic E-state index is 13.3. The number of carbonyl (C=O) groups excluding carboxylic acids is 1. The third kappa shape index (κ3) is 2.26. The lowest BCUT2D eigenvalue weighted by molar-refractivity contribution is -0.118. The average molecular weight is 345 g/mol. The van der Waals surface area contributed by atoms with Crippen molar-refractivity contribution in [2.45, 2.75) is 5.41 Å². The van der Waals surface area contributed by atoms with E-state index >= 15 is 0 Å². The summed E-state index contributed by atoms with van der Waals surface area (Å²) in [4.78, 5) is 13.3. The number of hydrogen-bond donors (Lipinski definition) is 1. The van der Waals surface area contributed by atoms with Gasteiger partial charge < -0.3 is 14.8 Å². The van der Waals surface area contributed by atoms with Gasteiger partial charge in [-0.3, -0.25) is 4.79 Å². The Balaban J connectivity index is 1.99. The predicted octanol–water partition coefficient (Wildman–Crippen LogP) is 3.99. The van der Waals surface area contributed by atoms with Crippen molar-refractivity contribution < 1.29 is 14.3 Å². The molecular formula is C22H19NO3. The van der Waals surface area contributed by atoms with Crippen LogP contribution in [0.5, 0.6) is 11.5 Å². The molecule has 0 spiro atoms. The first-order chi connectivity index (χ1) is 12.7. The molecule has 0 radical (unpaired) electrons. The SMILES string of the molecule is COc1ccc(C2(c3ccc(OC)cc3)C(=O)Nc3ccccc32)cc1. The zero-order valence-corrected chi connectivity index (χ0v) is 14.7. The molecule has 1 amide bonds. The molecule has 0 saturated carbocycles. The number of ether oxygens (including phenoxy) is 2. The van der Waals surface area contributed by atoms with E-state index < -0.39 is 5.41 Å². The minimum absolute atomic E-state index is 0.0611. The molecule has 0 aromatic heterocycles. The van der Waals surface area contributed by atoms with Gasteiger partial charge in [-0.05, 0) is 41.5 Å². The maximum Gasteiger partial charge on any atom is 0.244 e. The fraction of sp³-hybridized carbons (Fsp3) is 0.136. The van der Waals surface area contributed by atoms with Gasteiger partial charge >= 0.3 is 0 Å². The van der Waals surface area contributed by atoms with Crippen LogP contribution in [-0.2, 0) is 10.2 Å². The molecule has 0 saturated heterocycles. The van der Waals surface area contributed by atoms with Crippen LogP contribution in [0.4, 0.5) is 5.69 Å². The Morgan fingerprint density at radius 3 is 1.73 bits per heavy atom. The van der Waals surface area contributed by atoms with Crippen LogP contribution in [0.15, 0.2) is 72.8 Å². The number of amides is 1. The van der Waals surface area contributed by atoms with Gasteiger partial charge in [0, 0.05) is 11.3 Å². The number of anilines is 1. The normalized spacial score (nSPS) is 14.5. The van der Waals surface area contributed by atoms with Crippen LogP contribution in [0.2, 0.25) is 0 Å². The Kier molecular flexibility index (Phi) is 3.88. The molecule has 4 heteroatoms. The lowest BCUT2D eigenvalue weighted by atomic mass is 9.70. The van der Waals surface area contributed by atoms with Crippen molar-refractivity contribution in [2.24, 2.45) is 0 Å². The molecule has 4 rings (SSSR count). The topological polar surface area (TPSA) is 47.6 Å². The number of nitrogens with one attached hydrogen (secondary N) is 1. The lowest BCUT2D eigenvalue weighted by Gasteiger charge is -2.29. The predicted molar refractivity (Wildman–Crippen MR) is 101 cm³/mol. The minimum atomic E-state index is -0.908. The maximum absolute atomic E-state index is 13.3. The van der Waals surface area contributed by atoms with E-state index in [1.165, 1.54) is 0 Å². The van der Waals surface area contributed by atoms with Gasteiger partial charge in [-0.15, -0.1) is 0 Å². The van der Waals surface area contributed by atoms with Crippen molar-refractivity contribution in [3.63, 3.8) is 0 Å². The summed E-state index contributed by atoms with van der Waals surface area (Å²) in [5, 5.41) is 3.04. The highest BCUT2D eigenvalue weighted by Crippen LogP contribution is 2.48. The van der Waals surface area contributed by atoms with Crippen molar-refractivity contribution in [1.29, 1.82) is 0 Å². The minimum Gasteiger partial charge on any atom is -0.497 e. The third-order valence-electron chi connectivity index (χ3n) is 4.97. The van der Waals surface area contributed by atoms with E-state index in [9.17, 15) is 4.79 Å². The number of carbonyl (C=O) groups is 1. The molecule has 26 heavy (non-hydrogen) atoms. The highest BCUT2D eigenvalue weighted by atomic mass is 16.5. The molecule has 0 bridgehead atoms. The molecule has 0 atom stereocenters. The fourth-order valence-electron chi connectivity index (χ4n) is 3.68. The monoisotopic (exact) mass is 345 g/mol. The number of hydrogen-bond acceptors (Lipinski definition) is 3. The van der Waals surface area contributed by atoms with E-state index in [4.69, 9.17) is 9.47 Å². The van der Waals surface area contributed by atoms with E-state index in [1.54, 1.807) is 14.2 Å². The Morgan fingerprint density at radius 2 is 1.23 bits per heavy atom. The Hall–Kier alpha value is -3.27. The number of rotatable bonds is 4. The van der Waals surface area contributed by atoms with Crippen molar-refractivity contribution in [3.8, 4) is 11.5 Å². The number of para-hydroxylation sites is 1. The van der Waals surface area contributed by atoms with Crippen LogP contribution in [0.3, 0.4) is 0 Å². The van der Waals surface area contributed by atoms with Crippen LogP contribution in [0.25, 0.3) is 0 Å². The summed E-state index contributed by atoms with van der Waals surface area (Å²) in [6.45, 7) is 0. The zero-order valence-electron chi connectivity index (χ0n) is 14.7. The van der Waals surface area contributed by atoms with Crippen molar-refractivity contribution >= 4 is 11.6 Å². The number of fused-ring (bicyclic) bond motifs is 1. The molecule has 3 aromatic carbocycles. The molecule has 1 aliphatic rings. The molecule has 1 N–H and O–H groups in total. The third-order valence-corrected chi connectivity index (χ3v) is 4.97. The lowest BCUT2D eigenvalue weighted by Crippen LogP contribution is -2.36. The van der Waals surface area contributed by atoms with E-state index in [2.05, 4.69) is 5.32 Å². The second-order valence-corrected chi connectivity index (χ2v) is 6.21. The molecule has 3 aromatic rings. The van der Waals surface area contributed by atoms with Crippen LogP contribution in [0.1, 0.15) is 16.7 Å². The van der Waals surface area contributed by atoms with Gasteiger partial charge in [0.25, 0.3) is 0 Å². The first kappa shape index (κ1) is 16.2. The van der Waals surface area contributed by atoms with Gasteiger partial charge in [0.1, 0.15) is 16.9 Å². The summed E-state index contributed by atoms with van der Waals surface area (Å²) in [6.07, 6.45) is 0. The summed E-state index contributed by atoms with van der Waals surface area (Å²) in [5.41, 5.74) is 2.66. The van der Waals surface area contributed by atoms with Gasteiger partial charge in [-0.25, -0.2) is 0 Å². The summed E-state index contributed by atoms with van der Waals surface area (Å²) in [7, 11) is 3.26. The summed E-state index contributed by atoms with van der Waals surface area (Å²) >= 11 is 0. The molecule has 0 aliphatic carbocycles. The van der Waals surface area contributed by atoms with Crippen molar-refractivity contribution in [3.05, 3.63) is 89.5 Å². The van der Waals surface area contributed by atoms with Crippen molar-refractivity contribution in [1.82, 2.24) is 0 Å². The highest BCUT2D eigenvalue weighted by Gasteiger charge is 2.49. The molecule has 0 fully saturated rings. The summed E-state index contributed by atoms with van der Waals surface area (Å²) < 4.78 is 10.6. The largest absolute Gasteiger partial charge is 0.497 e. The Morgan fingerprint density at radius 1 is 0.731 bits per heavy atom. The Bertz CT molecular complexity index is 898. The van der Waals surface area contributed by atoms with E-state index in [1.807, 2.05) is 72.8 Å². The van der Waals surface area contributed by atoms with E-state index in [0.717, 1.165) is 33.9 Å². The number of benzene rings is 3. The molecule has 1 aliphatic heterocycles. The number of methoxy groups -OCH3 is 2. The van der Waals surface area contributed by atoms with E-state index in [0.29, 0.717) is 0 Å². The smallest absolute Gasteiger partial charge is 0.244 e. The van der Waals surface area contributed by atoms with Crippen LogP contribution in [0, 0.1) is 0 Å². The van der Waals surface area contributed by atoms with Crippen LogP contribution >= 0.6 is 0 Å². The standard InChI is InChI=1S/C22H19NO3/c1-25-17-11-7-15(8-12-17)22(16-9-13-18(26-2)14-10-16)19-5-3-4-6-20(19)23-21(22)24/h3-14H,1-2H3,(H,23,24). The van der Waals surface area contributed by atoms with E-state index in [-0.39, 0.29) is 5.91 Å². The highest BCUT2D eigenvalue weighted by molar-refractivity contribution is 6.11. The molecular weight excluding hydrogens is 326 g/mol. The fourth-order valence-corrected chi connectivity index (χ4v) is 3.68. The molecule has 130 valence electrons. The zero-order chi connectivity index (χ0) is 18.1. The average Bonchev–Trinajstić information content (AvgIpc) is 3.00. The van der Waals surface area contributed by atoms with Crippen LogP contribution < -0.4 is 14.8 Å². The van der Waals surface area contributed by atoms with Gasteiger partial charge in [0.2, 0.25) is 5.91 Å². The first-order valence-corrected chi connectivity index (χ1v) is 8.40. The second kappa shape index (κ2) is 6.23. The summed E-state index contributed by atoms with van der Waals surface area (Å²) in [6, 6.07) is 23.2. The Labute approximate surface area is 152 Å². The summed E-state index contributed by atoms with van der Waals surface area (Å²) in [5.74, 6) is 1.45. The molecule has 1 heterocycles. The molecule has 0 unspecified atom stereocenters. The van der Waals surface area contributed by atoms with Crippen molar-refractivity contribution in [2.75, 3.05) is 19.5 Å². The van der Waals surface area contributed by atoms with Crippen LogP contribution in [-0.4, -0.2) is 20.1 Å². The van der Waals surface area contributed by atoms with Gasteiger partial charge in [0.05, 0.1) is 14.2 Å². The second-order valence-electron chi connectivity index (χ2n) is 6.21. The molecule has 4 nitrogen and oxygen atoms in total. The first-order valence-electron chi connectivity index (χ1n) is 8.40. The van der Waals surface area contributed by atoms with Gasteiger partial charge in [0.15, 0.2) is 0 Å². The van der Waals surface area contributed by atoms with Gasteiger partial charge in [-0.2, -0.15) is 0 Å². The quantitative estimate of drug-likeness (QED) is 0.778.